The summed E-state index contributed by atoms with van der Waals surface area (Å²) in [4.78, 5) is 16.3. The molecule has 0 spiro atoms. The predicted molar refractivity (Wildman–Crippen MR) is 127 cm³/mol. The lowest BCUT2D eigenvalue weighted by Crippen LogP contribution is -2.13. The smallest absolute Gasteiger partial charge is 0.330 e. The van der Waals surface area contributed by atoms with E-state index in [2.05, 4.69) is 31.8 Å². The van der Waals surface area contributed by atoms with Gasteiger partial charge < -0.3 is 14.2 Å². The molecule has 0 saturated carbocycles. The van der Waals surface area contributed by atoms with Gasteiger partial charge in [0.05, 0.1) is 14.2 Å². The molecule has 0 aliphatic carbocycles. The number of ether oxygens (including phenoxy) is 3. The second-order valence-corrected chi connectivity index (χ2v) is 8.38. The highest BCUT2D eigenvalue weighted by molar-refractivity contribution is 5.90. The number of carbonyl (C=O) groups is 1. The van der Waals surface area contributed by atoms with Crippen molar-refractivity contribution in [3.8, 4) is 22.8 Å². The molecular formula is C27H29NO4. The van der Waals surface area contributed by atoms with Gasteiger partial charge in [0, 0.05) is 23.4 Å². The molecule has 0 radical (unpaired) electrons. The zero-order chi connectivity index (χ0) is 23.1. The number of nitrogens with zero attached hydrogens (tertiary/aromatic N) is 1. The predicted octanol–water partition coefficient (Wildman–Crippen LogP) is 5.82. The van der Waals surface area contributed by atoms with Gasteiger partial charge >= 0.3 is 5.97 Å². The second-order valence-electron chi connectivity index (χ2n) is 8.38. The minimum Gasteiger partial charge on any atom is -0.496 e. The highest BCUT2D eigenvalue weighted by atomic mass is 16.5. The molecule has 2 aromatic carbocycles. The Hall–Kier alpha value is -3.60. The van der Waals surface area contributed by atoms with Crippen molar-refractivity contribution < 1.29 is 19.0 Å². The van der Waals surface area contributed by atoms with Gasteiger partial charge in [0.1, 0.15) is 12.4 Å². The molecule has 0 bridgehead atoms. The van der Waals surface area contributed by atoms with Gasteiger partial charge in [-0.25, -0.2) is 9.78 Å². The Morgan fingerprint density at radius 2 is 1.75 bits per heavy atom. The SMILES string of the molecule is COC(=O)C=Cc1cc(OC)c(C(C)(C)C)cc1-c1cccnc1OCc1ccccc1. The summed E-state index contributed by atoms with van der Waals surface area (Å²) >= 11 is 0. The van der Waals surface area contributed by atoms with Crippen LogP contribution in [-0.4, -0.2) is 25.2 Å². The third kappa shape index (κ3) is 5.55. The summed E-state index contributed by atoms with van der Waals surface area (Å²) in [5.41, 5.74) is 4.48. The molecule has 0 amide bonds. The number of methoxy groups -OCH3 is 2. The first-order valence-corrected chi connectivity index (χ1v) is 10.4. The molecule has 3 aromatic rings. The molecule has 0 saturated heterocycles. The minimum absolute atomic E-state index is 0.155. The lowest BCUT2D eigenvalue weighted by molar-refractivity contribution is -0.134. The fraction of sp³-hybridized carbons (Fsp3) is 0.259. The van der Waals surface area contributed by atoms with E-state index in [1.807, 2.05) is 48.5 Å². The van der Waals surface area contributed by atoms with Crippen molar-refractivity contribution in [1.82, 2.24) is 4.98 Å². The van der Waals surface area contributed by atoms with Crippen LogP contribution in [0.5, 0.6) is 11.6 Å². The molecule has 166 valence electrons. The van der Waals surface area contributed by atoms with Crippen LogP contribution in [0, 0.1) is 0 Å². The Balaban J connectivity index is 2.12. The Kier molecular flexibility index (Phi) is 7.31. The summed E-state index contributed by atoms with van der Waals surface area (Å²) in [5.74, 6) is 0.844. The van der Waals surface area contributed by atoms with Crippen molar-refractivity contribution >= 4 is 12.0 Å². The van der Waals surface area contributed by atoms with Crippen molar-refractivity contribution in [3.63, 3.8) is 0 Å². The summed E-state index contributed by atoms with van der Waals surface area (Å²) in [5, 5.41) is 0. The molecule has 0 aliphatic rings. The van der Waals surface area contributed by atoms with Crippen molar-refractivity contribution in [1.29, 1.82) is 0 Å². The molecule has 1 aromatic heterocycles. The van der Waals surface area contributed by atoms with Gasteiger partial charge in [-0.1, -0.05) is 51.1 Å². The molecule has 32 heavy (non-hydrogen) atoms. The van der Waals surface area contributed by atoms with Crippen LogP contribution in [0.25, 0.3) is 17.2 Å². The summed E-state index contributed by atoms with van der Waals surface area (Å²) in [6.07, 6.45) is 4.84. The number of esters is 1. The molecule has 5 nitrogen and oxygen atoms in total. The standard InChI is InChI=1S/C27H29NO4/c1-27(2,3)23-17-22(20(16-24(23)30-4)13-14-25(29)31-5)21-12-9-15-28-26(21)32-18-19-10-7-6-8-11-19/h6-17H,18H2,1-5H3. The quantitative estimate of drug-likeness (QED) is 0.348. The van der Waals surface area contributed by atoms with E-state index in [0.29, 0.717) is 12.5 Å². The number of hydrogen-bond acceptors (Lipinski definition) is 5. The van der Waals surface area contributed by atoms with Crippen molar-refractivity contribution in [2.45, 2.75) is 32.8 Å². The molecule has 1 heterocycles. The van der Waals surface area contributed by atoms with Crippen LogP contribution < -0.4 is 9.47 Å². The Morgan fingerprint density at radius 1 is 1.00 bits per heavy atom. The van der Waals surface area contributed by atoms with Crippen LogP contribution >= 0.6 is 0 Å². The normalized spacial score (nSPS) is 11.4. The molecule has 3 rings (SSSR count). The van der Waals surface area contributed by atoms with Crippen LogP contribution in [0.1, 0.15) is 37.5 Å². The van der Waals surface area contributed by atoms with Gasteiger partial charge in [-0.15, -0.1) is 0 Å². The number of rotatable bonds is 7. The third-order valence-electron chi connectivity index (χ3n) is 5.06. The number of hydrogen-bond donors (Lipinski definition) is 0. The summed E-state index contributed by atoms with van der Waals surface area (Å²) < 4.78 is 16.5. The first-order valence-electron chi connectivity index (χ1n) is 10.4. The molecule has 0 aliphatic heterocycles. The fourth-order valence-corrected chi connectivity index (χ4v) is 3.38. The lowest BCUT2D eigenvalue weighted by atomic mass is 9.83. The average Bonchev–Trinajstić information content (AvgIpc) is 2.80. The third-order valence-corrected chi connectivity index (χ3v) is 5.06. The van der Waals surface area contributed by atoms with Crippen molar-refractivity contribution in [3.05, 3.63) is 83.6 Å². The van der Waals surface area contributed by atoms with E-state index in [0.717, 1.165) is 33.6 Å². The average molecular weight is 432 g/mol. The highest BCUT2D eigenvalue weighted by Gasteiger charge is 2.23. The lowest BCUT2D eigenvalue weighted by Gasteiger charge is -2.24. The van der Waals surface area contributed by atoms with Crippen molar-refractivity contribution in [2.75, 3.05) is 14.2 Å². The molecular weight excluding hydrogens is 402 g/mol. The van der Waals surface area contributed by atoms with E-state index in [4.69, 9.17) is 14.2 Å². The van der Waals surface area contributed by atoms with Crippen LogP contribution in [0.4, 0.5) is 0 Å². The van der Waals surface area contributed by atoms with Crippen LogP contribution in [0.15, 0.2) is 66.9 Å². The second kappa shape index (κ2) is 10.1. The summed E-state index contributed by atoms with van der Waals surface area (Å²) in [6, 6.07) is 17.8. The van der Waals surface area contributed by atoms with Gasteiger partial charge in [-0.2, -0.15) is 0 Å². The van der Waals surface area contributed by atoms with E-state index in [1.165, 1.54) is 13.2 Å². The van der Waals surface area contributed by atoms with Gasteiger partial charge in [0.25, 0.3) is 0 Å². The summed E-state index contributed by atoms with van der Waals surface area (Å²) in [6.45, 7) is 6.80. The number of pyridine rings is 1. The van der Waals surface area contributed by atoms with E-state index < -0.39 is 5.97 Å². The summed E-state index contributed by atoms with van der Waals surface area (Å²) in [7, 11) is 3.00. The van der Waals surface area contributed by atoms with Gasteiger partial charge in [0.15, 0.2) is 0 Å². The zero-order valence-corrected chi connectivity index (χ0v) is 19.2. The molecule has 0 atom stereocenters. The number of carbonyl (C=O) groups excluding carboxylic acids is 1. The molecule has 0 unspecified atom stereocenters. The maximum absolute atomic E-state index is 11.8. The monoisotopic (exact) mass is 431 g/mol. The highest BCUT2D eigenvalue weighted by Crippen LogP contribution is 2.40. The first-order chi connectivity index (χ1) is 15.3. The van der Waals surface area contributed by atoms with Gasteiger partial charge in [-0.05, 0) is 52.4 Å². The molecule has 0 N–H and O–H groups in total. The van der Waals surface area contributed by atoms with Crippen LogP contribution in [0.2, 0.25) is 0 Å². The largest absolute Gasteiger partial charge is 0.496 e. The Labute approximate surface area is 189 Å². The van der Waals surface area contributed by atoms with E-state index >= 15 is 0 Å². The van der Waals surface area contributed by atoms with Gasteiger partial charge in [0.2, 0.25) is 5.88 Å². The van der Waals surface area contributed by atoms with Crippen LogP contribution in [0.3, 0.4) is 0 Å². The first kappa shape index (κ1) is 23.1. The van der Waals surface area contributed by atoms with E-state index in [9.17, 15) is 4.79 Å². The minimum atomic E-state index is -0.429. The van der Waals surface area contributed by atoms with E-state index in [-0.39, 0.29) is 5.41 Å². The topological polar surface area (TPSA) is 57.7 Å². The molecule has 5 heteroatoms. The van der Waals surface area contributed by atoms with Crippen LogP contribution in [-0.2, 0) is 21.6 Å². The Bertz CT molecular complexity index is 1100. The molecule has 0 fully saturated rings. The maximum Gasteiger partial charge on any atom is 0.330 e. The van der Waals surface area contributed by atoms with Crippen molar-refractivity contribution in [2.24, 2.45) is 0 Å². The Morgan fingerprint density at radius 3 is 2.41 bits per heavy atom. The van der Waals surface area contributed by atoms with E-state index in [1.54, 1.807) is 19.4 Å². The van der Waals surface area contributed by atoms with Gasteiger partial charge in [-0.3, -0.25) is 0 Å². The number of aromatic nitrogens is 1. The zero-order valence-electron chi connectivity index (χ0n) is 19.2. The fourth-order valence-electron chi connectivity index (χ4n) is 3.38. The number of benzene rings is 2. The maximum atomic E-state index is 11.8.